The molecule has 0 saturated carbocycles. The van der Waals surface area contributed by atoms with Crippen molar-refractivity contribution >= 4 is 11.8 Å². The number of hydrogen-bond acceptors (Lipinski definition) is 16. The predicted molar refractivity (Wildman–Crippen MR) is 207 cm³/mol. The number of unbranched alkanes of at least 4 members (excludes halogenated alkanes) is 10. The molecule has 20 heteroatoms. The highest BCUT2D eigenvalue weighted by Crippen LogP contribution is 2.34. The Bertz CT molecular complexity index is 1550. The molecule has 3 saturated heterocycles. The Morgan fingerprint density at radius 3 is 1.71 bits per heavy atom. The maximum atomic E-state index is 13.2. The van der Waals surface area contributed by atoms with Gasteiger partial charge < -0.3 is 70.4 Å². The summed E-state index contributed by atoms with van der Waals surface area (Å²) in [7, 11) is 0. The lowest BCUT2D eigenvalue weighted by Crippen LogP contribution is -2.69. The largest absolute Gasteiger partial charge is 0.394 e. The summed E-state index contributed by atoms with van der Waals surface area (Å²) in [5, 5.41) is 92.7. The summed E-state index contributed by atoms with van der Waals surface area (Å²) in [5.74, 6) is -0.995. The number of amides is 2. The lowest BCUT2D eigenvalue weighted by molar-refractivity contribution is -0.347. The van der Waals surface area contributed by atoms with Gasteiger partial charge in [0.15, 0.2) is 18.8 Å². The Morgan fingerprint density at radius 1 is 0.712 bits per heavy atom. The lowest BCUT2D eigenvalue weighted by Gasteiger charge is -2.47. The van der Waals surface area contributed by atoms with Crippen LogP contribution >= 0.6 is 0 Å². The van der Waals surface area contributed by atoms with Crippen LogP contribution in [0.3, 0.4) is 0 Å². The van der Waals surface area contributed by atoms with Gasteiger partial charge in [-0.3, -0.25) is 23.9 Å². The molecule has 0 radical (unpaired) electrons. The quantitative estimate of drug-likeness (QED) is 0.0546. The number of aromatic amines is 1. The number of rotatable bonds is 23. The summed E-state index contributed by atoms with van der Waals surface area (Å²) in [4.78, 5) is 52.3. The van der Waals surface area contributed by atoms with E-state index in [0.717, 1.165) is 81.0 Å². The van der Waals surface area contributed by atoms with E-state index in [-0.39, 0.29) is 12.8 Å². The van der Waals surface area contributed by atoms with E-state index in [1.165, 1.54) is 0 Å². The molecule has 20 nitrogen and oxygen atoms in total. The van der Waals surface area contributed by atoms with Crippen molar-refractivity contribution in [3.8, 4) is 0 Å². The third kappa shape index (κ3) is 13.3. The predicted octanol–water partition coefficient (Wildman–Crippen LogP) is -1.72. The maximum absolute atomic E-state index is 13.2. The fourth-order valence-electron chi connectivity index (χ4n) is 7.76. The minimum atomic E-state index is -1.82. The van der Waals surface area contributed by atoms with Gasteiger partial charge >= 0.3 is 5.69 Å². The summed E-state index contributed by atoms with van der Waals surface area (Å²) in [6.07, 6.45) is -10.2. The molecule has 4 heterocycles. The molecular weight excluding hydrogens is 780 g/mol. The Morgan fingerprint density at radius 2 is 1.20 bits per heavy atom. The van der Waals surface area contributed by atoms with Crippen LogP contribution in [-0.2, 0) is 28.5 Å². The van der Waals surface area contributed by atoms with Crippen molar-refractivity contribution in [1.82, 2.24) is 20.2 Å². The molecule has 0 spiro atoms. The minimum absolute atomic E-state index is 0.0631. The van der Waals surface area contributed by atoms with Crippen LogP contribution in [0.25, 0.3) is 0 Å². The Hall–Kier alpha value is -2.86. The van der Waals surface area contributed by atoms with E-state index in [9.17, 15) is 60.0 Å². The highest BCUT2D eigenvalue weighted by atomic mass is 16.8. The molecule has 3 aliphatic heterocycles. The summed E-state index contributed by atoms with van der Waals surface area (Å²) in [6, 6.07) is -1.93. The van der Waals surface area contributed by atoms with Crippen molar-refractivity contribution in [1.29, 1.82) is 0 Å². The number of nitrogens with zero attached hydrogens (tertiary/aromatic N) is 1. The van der Waals surface area contributed by atoms with Gasteiger partial charge in [-0.25, -0.2) is 4.79 Å². The minimum Gasteiger partial charge on any atom is -0.394 e. The average molecular weight is 847 g/mol. The second kappa shape index (κ2) is 24.0. The van der Waals surface area contributed by atoms with Crippen LogP contribution in [0.2, 0.25) is 0 Å². The van der Waals surface area contributed by atoms with Gasteiger partial charge in [0, 0.05) is 31.5 Å². The maximum Gasteiger partial charge on any atom is 0.330 e. The van der Waals surface area contributed by atoms with Crippen molar-refractivity contribution in [2.45, 2.75) is 202 Å². The number of H-pyrrole nitrogens is 1. The van der Waals surface area contributed by atoms with E-state index >= 15 is 0 Å². The fourth-order valence-corrected chi connectivity index (χ4v) is 7.76. The van der Waals surface area contributed by atoms with Crippen molar-refractivity contribution in [2.24, 2.45) is 0 Å². The third-order valence-electron chi connectivity index (χ3n) is 11.3. The molecule has 10 unspecified atom stereocenters. The molecule has 3 fully saturated rings. The van der Waals surface area contributed by atoms with Gasteiger partial charge in [0.2, 0.25) is 11.8 Å². The number of nitrogens with one attached hydrogen (secondary N) is 3. The van der Waals surface area contributed by atoms with Gasteiger partial charge in [-0.05, 0) is 12.8 Å². The van der Waals surface area contributed by atoms with Crippen molar-refractivity contribution in [2.75, 3.05) is 6.61 Å². The highest BCUT2D eigenvalue weighted by molar-refractivity contribution is 5.76. The molecule has 3 aliphatic rings. The number of hydrogen-bond donors (Lipinski definition) is 11. The molecule has 15 atom stereocenters. The topological polar surface area (TPSA) is 312 Å². The molecule has 59 heavy (non-hydrogen) atoms. The van der Waals surface area contributed by atoms with Gasteiger partial charge in [-0.15, -0.1) is 0 Å². The van der Waals surface area contributed by atoms with Gasteiger partial charge in [0.25, 0.3) is 5.56 Å². The van der Waals surface area contributed by atoms with Crippen LogP contribution < -0.4 is 21.9 Å². The standard InChI is InChI=1S/C39H66N4O16/c1-3-5-7-9-11-13-15-24(46)40-27-31(51)29(49)22(19-21(45)35-33(53)34(54)36(58-35)43-18-17-26(48)42-39(43)55)56-37(27)59-38-28(32(52)30(50)23(20-44)57-38)41-25(47)16-14-12-10-8-6-4-2/h17-18,21-23,27-38,44-45,49-54H,3-16,19-20H2,1-2H3,(H,40,46)(H,41,47)(H,42,48,55)/t21-,22?,23?,27?,28?,29?,30?,31?,32?,33+,34-,35-,36-,37?,38?/m1/s1. The van der Waals surface area contributed by atoms with Crippen LogP contribution in [0.1, 0.15) is 116 Å². The number of carbonyl (C=O) groups excluding carboxylic acids is 2. The van der Waals surface area contributed by atoms with E-state index in [1.54, 1.807) is 0 Å². The van der Waals surface area contributed by atoms with Crippen molar-refractivity contribution < 1.29 is 69.4 Å². The first-order valence-corrected chi connectivity index (χ1v) is 21.1. The van der Waals surface area contributed by atoms with Crippen LogP contribution in [0.15, 0.2) is 21.9 Å². The first-order valence-electron chi connectivity index (χ1n) is 21.1. The Balaban J connectivity index is 1.53. The molecule has 11 N–H and O–H groups in total. The number of aliphatic hydroxyl groups is 8. The third-order valence-corrected chi connectivity index (χ3v) is 11.3. The summed E-state index contributed by atoms with van der Waals surface area (Å²) < 4.78 is 24.5. The van der Waals surface area contributed by atoms with E-state index in [1.807, 2.05) is 4.98 Å². The molecule has 4 rings (SSSR count). The van der Waals surface area contributed by atoms with Crippen LogP contribution in [-0.4, -0.2) is 155 Å². The second-order valence-corrected chi connectivity index (χ2v) is 15.9. The first-order chi connectivity index (χ1) is 28.2. The molecule has 1 aromatic rings. The van der Waals surface area contributed by atoms with E-state index in [0.29, 0.717) is 12.8 Å². The highest BCUT2D eigenvalue weighted by Gasteiger charge is 2.53. The molecule has 0 aliphatic carbocycles. The van der Waals surface area contributed by atoms with Gasteiger partial charge in [-0.1, -0.05) is 78.1 Å². The van der Waals surface area contributed by atoms with Crippen LogP contribution in [0.4, 0.5) is 0 Å². The fraction of sp³-hybridized carbons (Fsp3) is 0.846. The van der Waals surface area contributed by atoms with Crippen molar-refractivity contribution in [3.05, 3.63) is 33.1 Å². The number of ether oxygens (including phenoxy) is 4. The molecule has 1 aromatic heterocycles. The molecule has 2 amide bonds. The summed E-state index contributed by atoms with van der Waals surface area (Å²) >= 11 is 0. The second-order valence-electron chi connectivity index (χ2n) is 15.9. The Kier molecular flexibility index (Phi) is 19.8. The van der Waals surface area contributed by atoms with E-state index in [2.05, 4.69) is 24.5 Å². The lowest BCUT2D eigenvalue weighted by atomic mass is 9.91. The zero-order chi connectivity index (χ0) is 43.2. The normalized spacial score (nSPS) is 34.1. The van der Waals surface area contributed by atoms with Gasteiger partial charge in [-0.2, -0.15) is 0 Å². The van der Waals surface area contributed by atoms with Gasteiger partial charge in [0.05, 0.1) is 18.8 Å². The molecule has 0 bridgehead atoms. The van der Waals surface area contributed by atoms with Crippen LogP contribution in [0, 0.1) is 0 Å². The molecule has 338 valence electrons. The Labute approximate surface area is 342 Å². The van der Waals surface area contributed by atoms with E-state index in [4.69, 9.17) is 18.9 Å². The number of aliphatic hydroxyl groups excluding tert-OH is 8. The van der Waals surface area contributed by atoms with Crippen molar-refractivity contribution in [3.63, 3.8) is 0 Å². The molecular formula is C39H66N4O16. The zero-order valence-corrected chi connectivity index (χ0v) is 33.9. The van der Waals surface area contributed by atoms with Crippen LogP contribution in [0.5, 0.6) is 0 Å². The average Bonchev–Trinajstić information content (AvgIpc) is 3.50. The molecule has 0 aromatic carbocycles. The zero-order valence-electron chi connectivity index (χ0n) is 33.9. The SMILES string of the molecule is CCCCCCCCC(=O)NC1C(OC2OC(C[C@@H](O)[C@H]3O[C@@H](n4ccc(=O)[nH]c4=O)[C@H](O)[C@@H]3O)C(O)C(O)C2NC(=O)CCCCCCCC)OC(CO)C(O)C1O. The summed E-state index contributed by atoms with van der Waals surface area (Å²) in [5.41, 5.74) is -1.67. The van der Waals surface area contributed by atoms with Gasteiger partial charge in [0.1, 0.15) is 60.9 Å². The summed E-state index contributed by atoms with van der Waals surface area (Å²) in [6.45, 7) is 3.42. The smallest absolute Gasteiger partial charge is 0.330 e. The van der Waals surface area contributed by atoms with E-state index < -0.39 is 128 Å². The number of carbonyl (C=O) groups is 2. The number of aromatic nitrogens is 2. The first kappa shape index (κ1) is 48.8. The monoisotopic (exact) mass is 846 g/mol.